The van der Waals surface area contributed by atoms with Crippen molar-refractivity contribution in [1.82, 2.24) is 9.97 Å². The van der Waals surface area contributed by atoms with E-state index < -0.39 is 0 Å². The molecule has 1 N–H and O–H groups in total. The normalized spacial score (nSPS) is 10.8. The zero-order valence-corrected chi connectivity index (χ0v) is 12.8. The first-order valence-electron chi connectivity index (χ1n) is 7.21. The highest BCUT2D eigenvalue weighted by atomic mass is 16.5. The Morgan fingerprint density at radius 1 is 1.29 bits per heavy atom. The molecule has 0 saturated heterocycles. The van der Waals surface area contributed by atoms with Gasteiger partial charge in [0.15, 0.2) is 0 Å². The highest BCUT2D eigenvalue weighted by molar-refractivity contribution is 5.57. The maximum Gasteiger partial charge on any atom is 0.226 e. The molecule has 0 aliphatic heterocycles. The third-order valence-corrected chi connectivity index (χ3v) is 2.93. The minimum atomic E-state index is 0.584. The molecule has 0 spiro atoms. The van der Waals surface area contributed by atoms with E-state index in [1.54, 1.807) is 6.20 Å². The van der Waals surface area contributed by atoms with E-state index in [1.807, 2.05) is 50.3 Å². The van der Waals surface area contributed by atoms with E-state index in [2.05, 4.69) is 22.2 Å². The Hall–Kier alpha value is -2.36. The van der Waals surface area contributed by atoms with Crippen molar-refractivity contribution in [3.8, 4) is 11.6 Å². The minimum absolute atomic E-state index is 0.584. The molecule has 4 nitrogen and oxygen atoms in total. The van der Waals surface area contributed by atoms with Crippen molar-refractivity contribution in [2.24, 2.45) is 0 Å². The average molecular weight is 283 g/mol. The predicted molar refractivity (Wildman–Crippen MR) is 86.8 cm³/mol. The molecule has 0 aliphatic carbocycles. The molecular formula is C17H21N3O. The van der Waals surface area contributed by atoms with Crippen LogP contribution in [0.15, 0.2) is 36.5 Å². The molecule has 0 aliphatic rings. The number of hydrogen-bond acceptors (Lipinski definition) is 4. The smallest absolute Gasteiger partial charge is 0.226 e. The maximum atomic E-state index is 5.97. The number of benzene rings is 1. The SMILES string of the molecule is C/C=C/c1ccccc1Oc1nc(NCCC)ncc1C. The van der Waals surface area contributed by atoms with Crippen LogP contribution in [-0.2, 0) is 0 Å². The topological polar surface area (TPSA) is 47.0 Å². The van der Waals surface area contributed by atoms with Gasteiger partial charge in [0.25, 0.3) is 0 Å². The Bertz CT molecular complexity index is 623. The van der Waals surface area contributed by atoms with Crippen LogP contribution in [0.25, 0.3) is 6.08 Å². The lowest BCUT2D eigenvalue weighted by atomic mass is 10.2. The molecule has 1 heterocycles. The van der Waals surface area contributed by atoms with Gasteiger partial charge in [-0.05, 0) is 26.3 Å². The van der Waals surface area contributed by atoms with Crippen LogP contribution in [0, 0.1) is 6.92 Å². The Kier molecular flexibility index (Phi) is 5.32. The predicted octanol–water partition coefficient (Wildman–Crippen LogP) is 4.43. The van der Waals surface area contributed by atoms with Gasteiger partial charge in [-0.1, -0.05) is 37.3 Å². The fraction of sp³-hybridized carbons (Fsp3) is 0.294. The zero-order valence-electron chi connectivity index (χ0n) is 12.8. The molecule has 0 bridgehead atoms. The summed E-state index contributed by atoms with van der Waals surface area (Å²) in [5.41, 5.74) is 1.94. The fourth-order valence-corrected chi connectivity index (χ4v) is 1.85. The van der Waals surface area contributed by atoms with Crippen molar-refractivity contribution in [3.05, 3.63) is 47.7 Å². The fourth-order valence-electron chi connectivity index (χ4n) is 1.85. The third-order valence-electron chi connectivity index (χ3n) is 2.93. The highest BCUT2D eigenvalue weighted by Crippen LogP contribution is 2.27. The van der Waals surface area contributed by atoms with Gasteiger partial charge in [0.2, 0.25) is 11.8 Å². The van der Waals surface area contributed by atoms with Gasteiger partial charge in [0.1, 0.15) is 5.75 Å². The first-order chi connectivity index (χ1) is 10.2. The van der Waals surface area contributed by atoms with Gasteiger partial charge < -0.3 is 10.1 Å². The van der Waals surface area contributed by atoms with Gasteiger partial charge in [-0.3, -0.25) is 0 Å². The largest absolute Gasteiger partial charge is 0.438 e. The second kappa shape index (κ2) is 7.43. The Labute approximate surface area is 125 Å². The third kappa shape index (κ3) is 4.05. The summed E-state index contributed by atoms with van der Waals surface area (Å²) in [6, 6.07) is 7.90. The van der Waals surface area contributed by atoms with Crippen molar-refractivity contribution < 1.29 is 4.74 Å². The summed E-state index contributed by atoms with van der Waals surface area (Å²) in [4.78, 5) is 8.70. The maximum absolute atomic E-state index is 5.97. The van der Waals surface area contributed by atoms with E-state index in [1.165, 1.54) is 0 Å². The Morgan fingerprint density at radius 3 is 2.86 bits per heavy atom. The molecule has 0 saturated carbocycles. The Balaban J connectivity index is 2.26. The van der Waals surface area contributed by atoms with Crippen molar-refractivity contribution in [2.45, 2.75) is 27.2 Å². The van der Waals surface area contributed by atoms with Crippen molar-refractivity contribution in [1.29, 1.82) is 0 Å². The molecular weight excluding hydrogens is 262 g/mol. The first kappa shape index (κ1) is 15.0. The molecule has 0 amide bonds. The molecule has 0 fully saturated rings. The second-order valence-electron chi connectivity index (χ2n) is 4.75. The molecule has 110 valence electrons. The highest BCUT2D eigenvalue weighted by Gasteiger charge is 2.08. The lowest BCUT2D eigenvalue weighted by Crippen LogP contribution is -2.05. The number of allylic oxidation sites excluding steroid dienone is 1. The van der Waals surface area contributed by atoms with Crippen molar-refractivity contribution in [2.75, 3.05) is 11.9 Å². The number of para-hydroxylation sites is 1. The summed E-state index contributed by atoms with van der Waals surface area (Å²) in [7, 11) is 0. The molecule has 1 aromatic heterocycles. The Morgan fingerprint density at radius 2 is 2.10 bits per heavy atom. The molecule has 1 aromatic carbocycles. The van der Waals surface area contributed by atoms with Gasteiger partial charge in [-0.15, -0.1) is 0 Å². The van der Waals surface area contributed by atoms with Crippen LogP contribution in [0.4, 0.5) is 5.95 Å². The quantitative estimate of drug-likeness (QED) is 0.851. The number of aryl methyl sites for hydroxylation is 1. The minimum Gasteiger partial charge on any atom is -0.438 e. The lowest BCUT2D eigenvalue weighted by Gasteiger charge is -2.11. The van der Waals surface area contributed by atoms with Crippen LogP contribution in [0.5, 0.6) is 11.6 Å². The van der Waals surface area contributed by atoms with Crippen molar-refractivity contribution in [3.63, 3.8) is 0 Å². The summed E-state index contributed by atoms with van der Waals surface area (Å²) in [6.45, 7) is 6.88. The van der Waals surface area contributed by atoms with Crippen LogP contribution in [-0.4, -0.2) is 16.5 Å². The van der Waals surface area contributed by atoms with Crippen LogP contribution in [0.1, 0.15) is 31.4 Å². The van der Waals surface area contributed by atoms with Crippen molar-refractivity contribution >= 4 is 12.0 Å². The number of ether oxygens (including phenoxy) is 1. The number of nitrogens with zero attached hydrogens (tertiary/aromatic N) is 2. The molecule has 0 unspecified atom stereocenters. The lowest BCUT2D eigenvalue weighted by molar-refractivity contribution is 0.457. The summed E-state index contributed by atoms with van der Waals surface area (Å²) in [6.07, 6.45) is 6.81. The van der Waals surface area contributed by atoms with Crippen LogP contribution >= 0.6 is 0 Å². The van der Waals surface area contributed by atoms with Gasteiger partial charge >= 0.3 is 0 Å². The number of anilines is 1. The molecule has 0 radical (unpaired) electrons. The summed E-state index contributed by atoms with van der Waals surface area (Å²) >= 11 is 0. The second-order valence-corrected chi connectivity index (χ2v) is 4.75. The molecule has 2 rings (SSSR count). The van der Waals surface area contributed by atoms with E-state index in [9.17, 15) is 0 Å². The van der Waals surface area contributed by atoms with Gasteiger partial charge in [0, 0.05) is 23.9 Å². The molecule has 21 heavy (non-hydrogen) atoms. The first-order valence-corrected chi connectivity index (χ1v) is 7.21. The van der Waals surface area contributed by atoms with Gasteiger partial charge in [-0.25, -0.2) is 4.98 Å². The number of nitrogens with one attached hydrogen (secondary N) is 1. The zero-order chi connectivity index (χ0) is 15.1. The molecule has 2 aromatic rings. The monoisotopic (exact) mass is 283 g/mol. The van der Waals surface area contributed by atoms with Gasteiger partial charge in [0.05, 0.1) is 0 Å². The van der Waals surface area contributed by atoms with Gasteiger partial charge in [-0.2, -0.15) is 4.98 Å². The van der Waals surface area contributed by atoms with Crippen LogP contribution < -0.4 is 10.1 Å². The van der Waals surface area contributed by atoms with Crippen LogP contribution in [0.2, 0.25) is 0 Å². The van der Waals surface area contributed by atoms with E-state index in [4.69, 9.17) is 4.74 Å². The van der Waals surface area contributed by atoms with E-state index in [0.29, 0.717) is 11.8 Å². The molecule has 0 atom stereocenters. The van der Waals surface area contributed by atoms with E-state index in [0.717, 1.165) is 29.8 Å². The van der Waals surface area contributed by atoms with E-state index >= 15 is 0 Å². The summed E-state index contributed by atoms with van der Waals surface area (Å²) < 4.78 is 5.97. The van der Waals surface area contributed by atoms with E-state index in [-0.39, 0.29) is 0 Å². The number of rotatable bonds is 6. The molecule has 4 heteroatoms. The standard InChI is InChI=1S/C17H21N3O/c1-4-8-14-9-6-7-10-15(14)21-16-13(3)12-19-17(20-16)18-11-5-2/h4,6-10,12H,5,11H2,1-3H3,(H,18,19,20)/b8-4+. The summed E-state index contributed by atoms with van der Waals surface area (Å²) in [5.74, 6) is 1.97. The number of aromatic nitrogens is 2. The summed E-state index contributed by atoms with van der Waals surface area (Å²) in [5, 5.41) is 3.17. The average Bonchev–Trinajstić information content (AvgIpc) is 2.50. The number of hydrogen-bond donors (Lipinski definition) is 1. The van der Waals surface area contributed by atoms with Crippen LogP contribution in [0.3, 0.4) is 0 Å².